The number of urea groups is 1. The van der Waals surface area contributed by atoms with Crippen molar-refractivity contribution in [1.82, 2.24) is 24.7 Å². The highest BCUT2D eigenvalue weighted by Crippen LogP contribution is 2.25. The van der Waals surface area contributed by atoms with Crippen LogP contribution in [-0.4, -0.2) is 83.0 Å². The van der Waals surface area contributed by atoms with Crippen LogP contribution in [0.2, 0.25) is 0 Å². The molecule has 0 radical (unpaired) electrons. The van der Waals surface area contributed by atoms with Crippen LogP contribution >= 0.6 is 12.4 Å². The first-order valence-corrected chi connectivity index (χ1v) is 12.4. The smallest absolute Gasteiger partial charge is 0.323 e. The summed E-state index contributed by atoms with van der Waals surface area (Å²) in [5.41, 5.74) is 3.80. The van der Waals surface area contributed by atoms with Gasteiger partial charge in [0.2, 0.25) is 5.91 Å². The number of amides is 3. The number of rotatable bonds is 7. The summed E-state index contributed by atoms with van der Waals surface area (Å²) in [6.07, 6.45) is 5.02. The van der Waals surface area contributed by atoms with Crippen LogP contribution in [-0.2, 0) is 16.1 Å². The van der Waals surface area contributed by atoms with Gasteiger partial charge in [0.1, 0.15) is 5.82 Å². The summed E-state index contributed by atoms with van der Waals surface area (Å²) in [5.74, 6) is 0.481. The van der Waals surface area contributed by atoms with Gasteiger partial charge in [-0.05, 0) is 42.1 Å². The summed E-state index contributed by atoms with van der Waals surface area (Å²) in [5, 5.41) is 4.01. The number of hydrogen-bond donors (Lipinski definition) is 2. The van der Waals surface area contributed by atoms with Gasteiger partial charge in [0.05, 0.1) is 25.8 Å². The molecule has 9 nitrogen and oxygen atoms in total. The van der Waals surface area contributed by atoms with E-state index in [-0.39, 0.29) is 30.4 Å². The first kappa shape index (κ1) is 26.7. The van der Waals surface area contributed by atoms with Crippen LogP contribution in [0.5, 0.6) is 0 Å². The fourth-order valence-electron chi connectivity index (χ4n) is 4.58. The number of morpholine rings is 1. The quantitative estimate of drug-likeness (QED) is 0.457. The summed E-state index contributed by atoms with van der Waals surface area (Å²) in [7, 11) is 1.80. The second-order valence-corrected chi connectivity index (χ2v) is 9.35. The number of nitrogens with one attached hydrogen (secondary N) is 2. The maximum absolute atomic E-state index is 12.9. The predicted molar refractivity (Wildman–Crippen MR) is 147 cm³/mol. The zero-order valence-electron chi connectivity index (χ0n) is 21.1. The number of hydrogen-bond acceptors (Lipinski definition) is 5. The molecule has 1 unspecified atom stereocenters. The second-order valence-electron chi connectivity index (χ2n) is 9.35. The van der Waals surface area contributed by atoms with Crippen LogP contribution in [0.3, 0.4) is 0 Å². The molecule has 10 heteroatoms. The van der Waals surface area contributed by atoms with Crippen molar-refractivity contribution in [1.29, 1.82) is 0 Å². The van der Waals surface area contributed by atoms with Crippen molar-refractivity contribution in [3.63, 3.8) is 0 Å². The van der Waals surface area contributed by atoms with Gasteiger partial charge in [-0.1, -0.05) is 18.2 Å². The van der Waals surface area contributed by atoms with Crippen molar-refractivity contribution in [2.75, 3.05) is 51.8 Å². The number of H-pyrrole nitrogens is 1. The number of nitrogens with zero attached hydrogens (tertiary/aromatic N) is 4. The lowest BCUT2D eigenvalue weighted by atomic mass is 10.1. The third-order valence-corrected chi connectivity index (χ3v) is 7.00. The van der Waals surface area contributed by atoms with Crippen molar-refractivity contribution in [2.24, 2.45) is 0 Å². The summed E-state index contributed by atoms with van der Waals surface area (Å²) in [6, 6.07) is 11.9. The van der Waals surface area contributed by atoms with Crippen LogP contribution < -0.4 is 5.32 Å². The SMILES string of the molecule is CC(c1cc2ccccc2[nH]1)N(C)C(=O)C=Cc1cnc2c(c1)CN(CCN1CCOCC1)C(=O)N2.Cl. The molecule has 2 N–H and O–H groups in total. The number of benzene rings is 1. The zero-order chi connectivity index (χ0) is 25.1. The van der Waals surface area contributed by atoms with Crippen molar-refractivity contribution >= 4 is 47.1 Å². The summed E-state index contributed by atoms with van der Waals surface area (Å²) in [4.78, 5) is 39.0. The van der Waals surface area contributed by atoms with E-state index in [1.54, 1.807) is 35.2 Å². The molecule has 3 amide bonds. The number of carbonyl (C=O) groups excluding carboxylic acids is 2. The van der Waals surface area contributed by atoms with E-state index in [1.807, 2.05) is 31.2 Å². The van der Waals surface area contributed by atoms with Crippen molar-refractivity contribution in [2.45, 2.75) is 19.5 Å². The Morgan fingerprint density at radius 1 is 1.22 bits per heavy atom. The number of anilines is 1. The Morgan fingerprint density at radius 3 is 2.78 bits per heavy atom. The van der Waals surface area contributed by atoms with Gasteiger partial charge in [-0.25, -0.2) is 9.78 Å². The molecule has 0 aliphatic carbocycles. The zero-order valence-corrected chi connectivity index (χ0v) is 22.0. The summed E-state index contributed by atoms with van der Waals surface area (Å²) >= 11 is 0. The van der Waals surface area contributed by atoms with Gasteiger partial charge >= 0.3 is 6.03 Å². The largest absolute Gasteiger partial charge is 0.379 e. The molecule has 1 fully saturated rings. The lowest BCUT2D eigenvalue weighted by Gasteiger charge is -2.32. The number of aromatic amines is 1. The standard InChI is InChI=1S/C27H32N6O3.ClH/c1-19(24-16-21-5-3-4-6-23(21)29-24)31(2)25(34)8-7-20-15-22-18-33(27(35)30-26(22)28-17-20)10-9-32-11-13-36-14-12-32;/h3-8,15-17,19,29H,9-14,18H2,1-2H3,(H,28,30,35);1H. The normalized spacial score (nSPS) is 16.8. The van der Waals surface area contributed by atoms with Crippen molar-refractivity contribution in [3.8, 4) is 0 Å². The van der Waals surface area contributed by atoms with Crippen molar-refractivity contribution in [3.05, 3.63) is 65.5 Å². The Labute approximate surface area is 222 Å². The van der Waals surface area contributed by atoms with Crippen LogP contribution in [0.1, 0.15) is 29.8 Å². The maximum Gasteiger partial charge on any atom is 0.323 e. The Morgan fingerprint density at radius 2 is 2.00 bits per heavy atom. The molecule has 2 aliphatic heterocycles. The topological polar surface area (TPSA) is 93.8 Å². The average molecular weight is 525 g/mol. The van der Waals surface area contributed by atoms with Gasteiger partial charge in [-0.2, -0.15) is 0 Å². The molecule has 1 atom stereocenters. The third-order valence-electron chi connectivity index (χ3n) is 7.00. The first-order chi connectivity index (χ1) is 17.5. The molecule has 0 spiro atoms. The fourth-order valence-corrected chi connectivity index (χ4v) is 4.58. The number of ether oxygens (including phenoxy) is 1. The van der Waals surface area contributed by atoms with Gasteiger partial charge in [0.15, 0.2) is 0 Å². The van der Waals surface area contributed by atoms with E-state index in [9.17, 15) is 9.59 Å². The number of pyridine rings is 1. The van der Waals surface area contributed by atoms with E-state index in [4.69, 9.17) is 4.74 Å². The molecular formula is C27H33ClN6O3. The highest BCUT2D eigenvalue weighted by molar-refractivity contribution is 5.93. The van der Waals surface area contributed by atoms with E-state index >= 15 is 0 Å². The van der Waals surface area contributed by atoms with Crippen LogP contribution in [0.25, 0.3) is 17.0 Å². The average Bonchev–Trinajstić information content (AvgIpc) is 3.34. The van der Waals surface area contributed by atoms with Gasteiger partial charge in [-0.15, -0.1) is 12.4 Å². The van der Waals surface area contributed by atoms with Gasteiger partial charge < -0.3 is 19.5 Å². The molecule has 5 rings (SSSR count). The lowest BCUT2D eigenvalue weighted by Crippen LogP contribution is -2.45. The number of likely N-dealkylation sites (N-methyl/N-ethyl adjacent to an activating group) is 1. The molecule has 0 bridgehead atoms. The summed E-state index contributed by atoms with van der Waals surface area (Å²) in [6.45, 7) is 7.21. The molecule has 3 aromatic rings. The molecule has 1 aromatic carbocycles. The first-order valence-electron chi connectivity index (χ1n) is 12.4. The number of halogens is 1. The Kier molecular flexibility index (Phi) is 8.48. The highest BCUT2D eigenvalue weighted by atomic mass is 35.5. The number of fused-ring (bicyclic) bond motifs is 2. The van der Waals surface area contributed by atoms with E-state index in [0.717, 1.165) is 60.6 Å². The second kappa shape index (κ2) is 11.8. The van der Waals surface area contributed by atoms with Gasteiger partial charge in [0, 0.05) is 62.3 Å². The monoisotopic (exact) mass is 524 g/mol. The van der Waals surface area contributed by atoms with Crippen LogP contribution in [0.4, 0.5) is 10.6 Å². The number of carbonyl (C=O) groups is 2. The minimum absolute atomic E-state index is 0. The Balaban J connectivity index is 0.00000320. The van der Waals surface area contributed by atoms with E-state index < -0.39 is 0 Å². The molecule has 1 saturated heterocycles. The Hall–Kier alpha value is -3.40. The number of para-hydroxylation sites is 1. The predicted octanol–water partition coefficient (Wildman–Crippen LogP) is 3.90. The molecule has 37 heavy (non-hydrogen) atoms. The van der Waals surface area contributed by atoms with Gasteiger partial charge in [-0.3, -0.25) is 15.0 Å². The summed E-state index contributed by atoms with van der Waals surface area (Å²) < 4.78 is 5.40. The van der Waals surface area contributed by atoms with E-state index in [1.165, 1.54) is 0 Å². The Bertz CT molecular complexity index is 1250. The van der Waals surface area contributed by atoms with Crippen molar-refractivity contribution < 1.29 is 14.3 Å². The molecule has 0 saturated carbocycles. The third kappa shape index (κ3) is 6.12. The van der Waals surface area contributed by atoms with Crippen LogP contribution in [0, 0.1) is 0 Å². The molecule has 196 valence electrons. The minimum Gasteiger partial charge on any atom is -0.379 e. The minimum atomic E-state index is -0.130. The van der Waals surface area contributed by atoms with E-state index in [2.05, 4.69) is 32.3 Å². The van der Waals surface area contributed by atoms with E-state index in [0.29, 0.717) is 18.9 Å². The molecular weight excluding hydrogens is 492 g/mol. The molecule has 2 aromatic heterocycles. The van der Waals surface area contributed by atoms with Crippen LogP contribution in [0.15, 0.2) is 48.7 Å². The molecule has 2 aliphatic rings. The lowest BCUT2D eigenvalue weighted by molar-refractivity contribution is -0.126. The number of aromatic nitrogens is 2. The maximum atomic E-state index is 12.9. The highest BCUT2D eigenvalue weighted by Gasteiger charge is 2.24. The molecule has 4 heterocycles. The fraction of sp³-hybridized carbons (Fsp3) is 0.370. The van der Waals surface area contributed by atoms with Gasteiger partial charge in [0.25, 0.3) is 0 Å².